The van der Waals surface area contributed by atoms with Crippen LogP contribution < -0.4 is 25.6 Å². The summed E-state index contributed by atoms with van der Waals surface area (Å²) in [6.07, 6.45) is 2.46. The number of ether oxygens (including phenoxy) is 1. The maximum absolute atomic E-state index is 14.0. The van der Waals surface area contributed by atoms with Crippen LogP contribution >= 0.6 is 0 Å². The third-order valence-electron chi connectivity index (χ3n) is 4.91. The van der Waals surface area contributed by atoms with E-state index in [1.54, 1.807) is 19.4 Å². The number of amides is 1. The van der Waals surface area contributed by atoms with Gasteiger partial charge in [-0.15, -0.1) is 0 Å². The lowest BCUT2D eigenvalue weighted by Crippen LogP contribution is -2.44. The van der Waals surface area contributed by atoms with E-state index in [-0.39, 0.29) is 17.8 Å². The summed E-state index contributed by atoms with van der Waals surface area (Å²) >= 11 is 0. The van der Waals surface area contributed by atoms with Gasteiger partial charge in [0.05, 0.1) is 19.3 Å². The van der Waals surface area contributed by atoms with Crippen molar-refractivity contribution in [3.05, 3.63) is 47.9 Å². The van der Waals surface area contributed by atoms with Gasteiger partial charge in [-0.25, -0.2) is 14.4 Å². The molecule has 1 aliphatic rings. The number of hydrogen-bond acceptors (Lipinski definition) is 5. The Morgan fingerprint density at radius 2 is 2.23 bits per heavy atom. The molecule has 0 radical (unpaired) electrons. The third kappa shape index (κ3) is 6.07. The van der Waals surface area contributed by atoms with E-state index in [4.69, 9.17) is 4.74 Å². The molecular weight excluding hydrogens is 399 g/mol. The molecular formula is C22H29FN6O2. The highest BCUT2D eigenvalue weighted by Crippen LogP contribution is 2.26. The molecule has 0 bridgehead atoms. The van der Waals surface area contributed by atoms with Crippen molar-refractivity contribution >= 4 is 23.4 Å². The quantitative estimate of drug-likeness (QED) is 0.464. The molecule has 1 saturated heterocycles. The van der Waals surface area contributed by atoms with Crippen molar-refractivity contribution in [3.63, 3.8) is 0 Å². The van der Waals surface area contributed by atoms with Crippen LogP contribution in [0.25, 0.3) is 0 Å². The Kier molecular flexibility index (Phi) is 7.64. The number of guanidine groups is 1. The first-order valence-corrected chi connectivity index (χ1v) is 10.3. The van der Waals surface area contributed by atoms with Gasteiger partial charge < -0.3 is 25.6 Å². The number of halogens is 1. The van der Waals surface area contributed by atoms with Crippen LogP contribution in [0.4, 0.5) is 15.9 Å². The Morgan fingerprint density at radius 3 is 2.94 bits per heavy atom. The van der Waals surface area contributed by atoms with Crippen LogP contribution in [0, 0.1) is 5.82 Å². The van der Waals surface area contributed by atoms with Crippen LogP contribution in [0.3, 0.4) is 0 Å². The van der Waals surface area contributed by atoms with Crippen LogP contribution in [0.2, 0.25) is 0 Å². The van der Waals surface area contributed by atoms with Crippen molar-refractivity contribution in [2.24, 2.45) is 4.99 Å². The monoisotopic (exact) mass is 428 g/mol. The number of methoxy groups -OCH3 is 1. The number of rotatable bonds is 7. The van der Waals surface area contributed by atoms with Crippen molar-refractivity contribution in [1.82, 2.24) is 15.6 Å². The van der Waals surface area contributed by atoms with Crippen LogP contribution in [0.15, 0.2) is 41.5 Å². The topological polar surface area (TPSA) is 90.9 Å². The molecule has 3 rings (SSSR count). The van der Waals surface area contributed by atoms with Crippen molar-refractivity contribution < 1.29 is 13.9 Å². The molecule has 0 spiro atoms. The van der Waals surface area contributed by atoms with Gasteiger partial charge in [0.15, 0.2) is 17.6 Å². The van der Waals surface area contributed by atoms with Gasteiger partial charge in [-0.1, -0.05) is 6.07 Å². The fraction of sp³-hybridized carbons (Fsp3) is 0.409. The molecule has 0 saturated carbocycles. The molecule has 3 N–H and O–H groups in total. The summed E-state index contributed by atoms with van der Waals surface area (Å²) in [6, 6.07) is 8.74. The number of aliphatic imine (C=N–C) groups is 1. The summed E-state index contributed by atoms with van der Waals surface area (Å²) < 4.78 is 19.3. The Bertz CT molecular complexity index is 936. The Balaban J connectivity index is 1.66. The van der Waals surface area contributed by atoms with Gasteiger partial charge in [-0.05, 0) is 43.2 Å². The minimum absolute atomic E-state index is 0.130. The molecule has 9 heteroatoms. The van der Waals surface area contributed by atoms with E-state index >= 15 is 0 Å². The fourth-order valence-corrected chi connectivity index (χ4v) is 3.51. The number of carbonyl (C=O) groups excluding carboxylic acids is 1. The van der Waals surface area contributed by atoms with E-state index in [1.165, 1.54) is 13.0 Å². The summed E-state index contributed by atoms with van der Waals surface area (Å²) in [5.41, 5.74) is 1.55. The second-order valence-corrected chi connectivity index (χ2v) is 7.30. The Hall–Kier alpha value is -3.36. The number of nitrogens with zero attached hydrogens (tertiary/aromatic N) is 3. The molecule has 1 aromatic carbocycles. The van der Waals surface area contributed by atoms with Crippen LogP contribution in [0.1, 0.15) is 25.8 Å². The van der Waals surface area contributed by atoms with Gasteiger partial charge in [0, 0.05) is 38.8 Å². The number of carbonyl (C=O) groups is 1. The van der Waals surface area contributed by atoms with E-state index in [0.29, 0.717) is 36.3 Å². The molecule has 31 heavy (non-hydrogen) atoms. The molecule has 8 nitrogen and oxygen atoms in total. The zero-order chi connectivity index (χ0) is 22.2. The van der Waals surface area contributed by atoms with Gasteiger partial charge in [0.2, 0.25) is 5.91 Å². The van der Waals surface area contributed by atoms with Crippen molar-refractivity contribution in [2.75, 3.05) is 37.0 Å². The average molecular weight is 429 g/mol. The lowest BCUT2D eigenvalue weighted by Gasteiger charge is -2.20. The first-order valence-electron chi connectivity index (χ1n) is 10.3. The minimum Gasteiger partial charge on any atom is -0.495 e. The minimum atomic E-state index is -0.307. The molecule has 1 unspecified atom stereocenters. The normalized spacial score (nSPS) is 16.2. The highest BCUT2D eigenvalue weighted by atomic mass is 19.1. The molecule has 2 heterocycles. The predicted octanol–water partition coefficient (Wildman–Crippen LogP) is 2.52. The highest BCUT2D eigenvalue weighted by molar-refractivity contribution is 5.90. The number of aromatic nitrogens is 1. The summed E-state index contributed by atoms with van der Waals surface area (Å²) in [5.74, 6) is 1.20. The van der Waals surface area contributed by atoms with Gasteiger partial charge >= 0.3 is 0 Å². The summed E-state index contributed by atoms with van der Waals surface area (Å²) in [6.45, 7) is 5.98. The lowest BCUT2D eigenvalue weighted by molar-refractivity contribution is -0.114. The maximum Gasteiger partial charge on any atom is 0.221 e. The number of anilines is 2. The third-order valence-corrected chi connectivity index (χ3v) is 4.91. The molecule has 1 atom stereocenters. The van der Waals surface area contributed by atoms with Crippen molar-refractivity contribution in [1.29, 1.82) is 0 Å². The zero-order valence-corrected chi connectivity index (χ0v) is 18.1. The molecule has 2 aromatic rings. The number of hydrogen-bond donors (Lipinski definition) is 3. The molecule has 1 aromatic heterocycles. The second kappa shape index (κ2) is 10.6. The van der Waals surface area contributed by atoms with Gasteiger partial charge in [-0.3, -0.25) is 4.79 Å². The molecule has 0 aliphatic carbocycles. The van der Waals surface area contributed by atoms with E-state index in [0.717, 1.165) is 25.1 Å². The van der Waals surface area contributed by atoms with Gasteiger partial charge in [0.25, 0.3) is 0 Å². The summed E-state index contributed by atoms with van der Waals surface area (Å²) in [5, 5.41) is 9.46. The average Bonchev–Trinajstić information content (AvgIpc) is 3.20. The van der Waals surface area contributed by atoms with Crippen LogP contribution in [-0.2, 0) is 11.3 Å². The maximum atomic E-state index is 14.0. The molecule has 1 amide bonds. The largest absolute Gasteiger partial charge is 0.495 e. The first-order chi connectivity index (χ1) is 15.0. The molecule has 166 valence electrons. The van der Waals surface area contributed by atoms with Crippen LogP contribution in [-0.4, -0.2) is 49.6 Å². The van der Waals surface area contributed by atoms with E-state index in [2.05, 4.69) is 25.9 Å². The van der Waals surface area contributed by atoms with E-state index < -0.39 is 0 Å². The predicted molar refractivity (Wildman–Crippen MR) is 120 cm³/mol. The molecule has 1 aliphatic heterocycles. The smallest absolute Gasteiger partial charge is 0.221 e. The molecule has 1 fully saturated rings. The number of benzene rings is 1. The standard InChI is InChI=1S/C22H29FN6O2/c1-4-24-22(26-13-16-7-8-20(31-3)19(12-16)27-15(2)30)28-17-9-11-29(14-17)21-18(23)6-5-10-25-21/h5-8,10,12,17H,4,9,11,13-14H2,1-3H3,(H,27,30)(H2,24,26,28). The van der Waals surface area contributed by atoms with Gasteiger partial charge in [-0.2, -0.15) is 0 Å². The lowest BCUT2D eigenvalue weighted by atomic mass is 10.2. The fourth-order valence-electron chi connectivity index (χ4n) is 3.51. The van der Waals surface area contributed by atoms with E-state index in [9.17, 15) is 9.18 Å². The summed E-state index contributed by atoms with van der Waals surface area (Å²) in [4.78, 5) is 22.2. The Labute approximate surface area is 181 Å². The van der Waals surface area contributed by atoms with Gasteiger partial charge in [0.1, 0.15) is 5.75 Å². The Morgan fingerprint density at radius 1 is 1.39 bits per heavy atom. The van der Waals surface area contributed by atoms with Crippen molar-refractivity contribution in [2.45, 2.75) is 32.9 Å². The summed E-state index contributed by atoms with van der Waals surface area (Å²) in [7, 11) is 1.56. The number of pyridine rings is 1. The number of nitrogens with one attached hydrogen (secondary N) is 3. The van der Waals surface area contributed by atoms with Crippen LogP contribution in [0.5, 0.6) is 5.75 Å². The first kappa shape index (κ1) is 22.3. The van der Waals surface area contributed by atoms with E-state index in [1.807, 2.05) is 30.0 Å². The highest BCUT2D eigenvalue weighted by Gasteiger charge is 2.25. The SMILES string of the molecule is CCNC(=NCc1ccc(OC)c(NC(C)=O)c1)NC1CCN(c2ncccc2F)C1. The zero-order valence-electron chi connectivity index (χ0n) is 18.1. The second-order valence-electron chi connectivity index (χ2n) is 7.30. The van der Waals surface area contributed by atoms with Crippen molar-refractivity contribution in [3.8, 4) is 5.75 Å².